The van der Waals surface area contributed by atoms with Crippen molar-refractivity contribution in [2.45, 2.75) is 63.6 Å². The van der Waals surface area contributed by atoms with Gasteiger partial charge in [-0.25, -0.2) is 4.79 Å². The number of hydrogen-bond donors (Lipinski definition) is 3. The fraction of sp³-hybridized carbons (Fsp3) is 0.611. The van der Waals surface area contributed by atoms with Crippen LogP contribution in [0.3, 0.4) is 0 Å². The second-order valence-electron chi connectivity index (χ2n) is 6.36. The summed E-state index contributed by atoms with van der Waals surface area (Å²) in [5.41, 5.74) is 1.22. The van der Waals surface area contributed by atoms with Gasteiger partial charge in [-0.15, -0.1) is 0 Å². The molecular weight excluding hydrogens is 292 g/mol. The van der Waals surface area contributed by atoms with E-state index in [0.717, 1.165) is 44.3 Å². The molecule has 0 aliphatic heterocycles. The lowest BCUT2D eigenvalue weighted by Crippen LogP contribution is -2.50. The van der Waals surface area contributed by atoms with E-state index in [0.29, 0.717) is 0 Å². The minimum absolute atomic E-state index is 0.0813. The molecule has 5 heteroatoms. The van der Waals surface area contributed by atoms with Gasteiger partial charge in [0.25, 0.3) is 0 Å². The van der Waals surface area contributed by atoms with Crippen molar-refractivity contribution >= 4 is 6.03 Å². The molecule has 1 saturated carbocycles. The van der Waals surface area contributed by atoms with Crippen LogP contribution in [-0.2, 0) is 6.42 Å². The summed E-state index contributed by atoms with van der Waals surface area (Å²) < 4.78 is 5.14. The first-order valence-corrected chi connectivity index (χ1v) is 8.46. The molecular formula is C18H28N2O3. The van der Waals surface area contributed by atoms with E-state index in [1.54, 1.807) is 7.11 Å². The third-order valence-corrected chi connectivity index (χ3v) is 4.45. The second kappa shape index (κ2) is 8.77. The Kier molecular flexibility index (Phi) is 6.71. The number of ether oxygens (including phenoxy) is 1. The van der Waals surface area contributed by atoms with E-state index in [1.165, 1.54) is 5.56 Å². The molecule has 0 aromatic heterocycles. The zero-order valence-electron chi connectivity index (χ0n) is 14.0. The van der Waals surface area contributed by atoms with E-state index in [1.807, 2.05) is 31.2 Å². The van der Waals surface area contributed by atoms with E-state index in [4.69, 9.17) is 4.74 Å². The van der Waals surface area contributed by atoms with Crippen molar-refractivity contribution in [3.63, 3.8) is 0 Å². The van der Waals surface area contributed by atoms with Crippen molar-refractivity contribution in [1.29, 1.82) is 0 Å². The normalized spacial score (nSPS) is 22.2. The lowest BCUT2D eigenvalue weighted by Gasteiger charge is -2.29. The Morgan fingerprint density at radius 1 is 1.30 bits per heavy atom. The number of rotatable bonds is 6. The van der Waals surface area contributed by atoms with Crippen LogP contribution in [0.5, 0.6) is 5.75 Å². The lowest BCUT2D eigenvalue weighted by molar-refractivity contribution is 0.0940. The third-order valence-electron chi connectivity index (χ3n) is 4.45. The van der Waals surface area contributed by atoms with Crippen molar-refractivity contribution < 1.29 is 14.6 Å². The van der Waals surface area contributed by atoms with Crippen LogP contribution in [0, 0.1) is 0 Å². The number of carbonyl (C=O) groups excluding carboxylic acids is 1. The monoisotopic (exact) mass is 320 g/mol. The van der Waals surface area contributed by atoms with Gasteiger partial charge < -0.3 is 20.5 Å². The second-order valence-corrected chi connectivity index (χ2v) is 6.36. The highest BCUT2D eigenvalue weighted by Crippen LogP contribution is 2.18. The molecule has 3 unspecified atom stereocenters. The van der Waals surface area contributed by atoms with Gasteiger partial charge in [0.2, 0.25) is 0 Å². The molecule has 1 aliphatic rings. The van der Waals surface area contributed by atoms with Gasteiger partial charge in [0.15, 0.2) is 0 Å². The molecule has 0 spiro atoms. The number of nitrogens with one attached hydrogen (secondary N) is 2. The minimum Gasteiger partial charge on any atom is -0.497 e. The minimum atomic E-state index is -0.413. The maximum atomic E-state index is 12.0. The Morgan fingerprint density at radius 2 is 2.00 bits per heavy atom. The van der Waals surface area contributed by atoms with Crippen molar-refractivity contribution in [3.8, 4) is 5.75 Å². The molecule has 3 atom stereocenters. The first-order chi connectivity index (χ1) is 11.1. The van der Waals surface area contributed by atoms with Crippen molar-refractivity contribution in [2.75, 3.05) is 7.11 Å². The van der Waals surface area contributed by atoms with Crippen molar-refractivity contribution in [1.82, 2.24) is 10.6 Å². The summed E-state index contributed by atoms with van der Waals surface area (Å²) in [4.78, 5) is 12.0. The Balaban J connectivity index is 1.70. The molecule has 3 N–H and O–H groups in total. The van der Waals surface area contributed by atoms with E-state index in [2.05, 4.69) is 10.6 Å². The summed E-state index contributed by atoms with van der Waals surface area (Å²) >= 11 is 0. The van der Waals surface area contributed by atoms with Crippen LogP contribution in [0.4, 0.5) is 4.79 Å². The lowest BCUT2D eigenvalue weighted by atomic mass is 9.93. The fourth-order valence-electron chi connectivity index (χ4n) is 2.96. The highest BCUT2D eigenvalue weighted by Gasteiger charge is 2.24. The van der Waals surface area contributed by atoms with Gasteiger partial charge >= 0.3 is 6.03 Å². The summed E-state index contributed by atoms with van der Waals surface area (Å²) in [7, 11) is 1.66. The quantitative estimate of drug-likeness (QED) is 0.754. The van der Waals surface area contributed by atoms with Gasteiger partial charge in [-0.05, 0) is 50.3 Å². The molecule has 1 fully saturated rings. The standard InChI is InChI=1S/C18H28N2O3/c1-13(7-8-14-9-11-15(23-2)12-10-14)19-18(22)20-16-5-3-4-6-17(16)21/h9-13,16-17,21H,3-8H2,1-2H3,(H2,19,20,22). The zero-order valence-corrected chi connectivity index (χ0v) is 14.0. The highest BCUT2D eigenvalue weighted by atomic mass is 16.5. The first-order valence-electron chi connectivity index (χ1n) is 8.46. The molecule has 0 heterocycles. The topological polar surface area (TPSA) is 70.6 Å². The average Bonchev–Trinajstić information content (AvgIpc) is 2.55. The number of urea groups is 1. The number of benzene rings is 1. The van der Waals surface area contributed by atoms with Gasteiger partial charge in [-0.3, -0.25) is 0 Å². The molecule has 0 saturated heterocycles. The number of carbonyl (C=O) groups is 1. The molecule has 2 rings (SSSR count). The zero-order chi connectivity index (χ0) is 16.7. The summed E-state index contributed by atoms with van der Waals surface area (Å²) in [6.07, 6.45) is 5.09. The van der Waals surface area contributed by atoms with Crippen LogP contribution < -0.4 is 15.4 Å². The van der Waals surface area contributed by atoms with Crippen molar-refractivity contribution in [2.24, 2.45) is 0 Å². The molecule has 1 aromatic carbocycles. The average molecular weight is 320 g/mol. The Bertz CT molecular complexity index is 490. The van der Waals surface area contributed by atoms with Crippen LogP contribution >= 0.6 is 0 Å². The SMILES string of the molecule is COc1ccc(CCC(C)NC(=O)NC2CCCCC2O)cc1. The van der Waals surface area contributed by atoms with E-state index in [-0.39, 0.29) is 18.1 Å². The number of methoxy groups -OCH3 is 1. The summed E-state index contributed by atoms with van der Waals surface area (Å²) in [5, 5.41) is 15.7. The molecule has 0 bridgehead atoms. The van der Waals surface area contributed by atoms with Crippen LogP contribution in [0.15, 0.2) is 24.3 Å². The Hall–Kier alpha value is -1.75. The van der Waals surface area contributed by atoms with Crippen LogP contribution in [0.1, 0.15) is 44.6 Å². The maximum Gasteiger partial charge on any atom is 0.315 e. The molecule has 1 aliphatic carbocycles. The molecule has 5 nitrogen and oxygen atoms in total. The summed E-state index contributed by atoms with van der Waals surface area (Å²) in [6, 6.07) is 7.78. The van der Waals surface area contributed by atoms with E-state index >= 15 is 0 Å². The summed E-state index contributed by atoms with van der Waals surface area (Å²) in [6.45, 7) is 2.00. The van der Waals surface area contributed by atoms with E-state index < -0.39 is 6.10 Å². The fourth-order valence-corrected chi connectivity index (χ4v) is 2.96. The molecule has 128 valence electrons. The number of hydrogen-bond acceptors (Lipinski definition) is 3. The molecule has 23 heavy (non-hydrogen) atoms. The molecule has 1 aromatic rings. The van der Waals surface area contributed by atoms with Gasteiger partial charge in [0.05, 0.1) is 19.3 Å². The Morgan fingerprint density at radius 3 is 2.65 bits per heavy atom. The Labute approximate surface area is 138 Å². The van der Waals surface area contributed by atoms with Gasteiger partial charge in [-0.2, -0.15) is 0 Å². The van der Waals surface area contributed by atoms with Gasteiger partial charge in [-0.1, -0.05) is 25.0 Å². The number of aryl methyl sites for hydroxylation is 1. The van der Waals surface area contributed by atoms with Crippen LogP contribution in [-0.4, -0.2) is 36.4 Å². The van der Waals surface area contributed by atoms with E-state index in [9.17, 15) is 9.90 Å². The largest absolute Gasteiger partial charge is 0.497 e. The van der Waals surface area contributed by atoms with Crippen LogP contribution in [0.2, 0.25) is 0 Å². The predicted molar refractivity (Wildman–Crippen MR) is 90.7 cm³/mol. The van der Waals surface area contributed by atoms with Crippen LogP contribution in [0.25, 0.3) is 0 Å². The summed E-state index contributed by atoms with van der Waals surface area (Å²) in [5.74, 6) is 0.852. The number of aliphatic hydroxyl groups is 1. The third kappa shape index (κ3) is 5.75. The number of amides is 2. The number of aliphatic hydroxyl groups excluding tert-OH is 1. The highest BCUT2D eigenvalue weighted by molar-refractivity contribution is 5.74. The first kappa shape index (κ1) is 17.6. The molecule has 2 amide bonds. The van der Waals surface area contributed by atoms with Gasteiger partial charge in [0.1, 0.15) is 5.75 Å². The van der Waals surface area contributed by atoms with Crippen molar-refractivity contribution in [3.05, 3.63) is 29.8 Å². The molecule has 0 radical (unpaired) electrons. The van der Waals surface area contributed by atoms with Gasteiger partial charge in [0, 0.05) is 6.04 Å². The predicted octanol–water partition coefficient (Wildman–Crippen LogP) is 2.62. The smallest absolute Gasteiger partial charge is 0.315 e. The maximum absolute atomic E-state index is 12.0.